The molecule has 2 aromatic carbocycles. The molecule has 0 spiro atoms. The van der Waals surface area contributed by atoms with Crippen LogP contribution < -0.4 is 29.6 Å². The summed E-state index contributed by atoms with van der Waals surface area (Å²) in [5.74, 6) is -2.66. The van der Waals surface area contributed by atoms with E-state index >= 15 is 0 Å². The van der Waals surface area contributed by atoms with E-state index in [1.807, 2.05) is 0 Å². The molecule has 6 nitrogen and oxygen atoms in total. The molecule has 0 radical (unpaired) electrons. The number of hydrogen-bond acceptors (Lipinski definition) is 6. The molecular formula is C13H9NaO6S. The van der Waals surface area contributed by atoms with Gasteiger partial charge in [0.2, 0.25) is 0 Å². The number of rotatable bonds is 3. The van der Waals surface area contributed by atoms with Crippen molar-refractivity contribution in [1.82, 2.24) is 0 Å². The Hall–Kier alpha value is -1.38. The van der Waals surface area contributed by atoms with Gasteiger partial charge in [0, 0.05) is 5.56 Å². The fourth-order valence-corrected chi connectivity index (χ4v) is 2.26. The fourth-order valence-electron chi connectivity index (χ4n) is 1.69. The number of aromatic hydroxyl groups is 2. The zero-order valence-electron chi connectivity index (χ0n) is 11.0. The second kappa shape index (κ2) is 6.59. The maximum absolute atomic E-state index is 12.1. The fraction of sp³-hybridized carbons (Fsp3) is 0. The maximum atomic E-state index is 12.1. The molecular weight excluding hydrogens is 307 g/mol. The van der Waals surface area contributed by atoms with Gasteiger partial charge in [0.15, 0.2) is 17.3 Å². The molecule has 0 aliphatic rings. The van der Waals surface area contributed by atoms with Crippen LogP contribution in [0.2, 0.25) is 0 Å². The molecule has 0 amide bonds. The van der Waals surface area contributed by atoms with E-state index in [1.54, 1.807) is 18.2 Å². The third-order valence-corrected chi connectivity index (χ3v) is 3.53. The normalized spacial score (nSPS) is 10.7. The van der Waals surface area contributed by atoms with Crippen LogP contribution >= 0.6 is 0 Å². The van der Waals surface area contributed by atoms with Crippen LogP contribution in [0.4, 0.5) is 0 Å². The zero-order chi connectivity index (χ0) is 14.9. The van der Waals surface area contributed by atoms with E-state index in [4.69, 9.17) is 0 Å². The van der Waals surface area contributed by atoms with Gasteiger partial charge < -0.3 is 14.8 Å². The van der Waals surface area contributed by atoms with Crippen molar-refractivity contribution >= 4 is 15.9 Å². The Kier molecular flexibility index (Phi) is 5.54. The summed E-state index contributed by atoms with van der Waals surface area (Å²) in [6.07, 6.45) is 0. The van der Waals surface area contributed by atoms with Crippen LogP contribution in [0.25, 0.3) is 0 Å². The summed E-state index contributed by atoms with van der Waals surface area (Å²) in [7, 11) is -4.93. The molecule has 0 heterocycles. The van der Waals surface area contributed by atoms with Gasteiger partial charge in [-0.2, -0.15) is 0 Å². The van der Waals surface area contributed by atoms with Crippen molar-refractivity contribution in [2.45, 2.75) is 4.90 Å². The Morgan fingerprint density at radius 3 is 2.05 bits per heavy atom. The molecule has 2 rings (SSSR count). The first-order valence-electron chi connectivity index (χ1n) is 5.43. The van der Waals surface area contributed by atoms with Gasteiger partial charge in [0.05, 0.1) is 10.5 Å². The van der Waals surface area contributed by atoms with Gasteiger partial charge in [-0.3, -0.25) is 4.79 Å². The largest absolute Gasteiger partial charge is 1.00 e. The van der Waals surface area contributed by atoms with E-state index in [0.717, 1.165) is 12.1 Å². The van der Waals surface area contributed by atoms with Crippen LogP contribution in [0.1, 0.15) is 15.9 Å². The molecule has 0 unspecified atom stereocenters. The molecule has 104 valence electrons. The van der Waals surface area contributed by atoms with Crippen molar-refractivity contribution < 1.29 is 57.5 Å². The SMILES string of the molecule is O=C(c1ccccc1)c1ccc(S(=O)(=O)[O-])c(O)c1O.[Na+]. The van der Waals surface area contributed by atoms with Gasteiger partial charge in [0.1, 0.15) is 10.1 Å². The second-order valence-corrected chi connectivity index (χ2v) is 5.31. The number of hydrogen-bond donors (Lipinski definition) is 2. The van der Waals surface area contributed by atoms with Gasteiger partial charge >= 0.3 is 29.6 Å². The minimum atomic E-state index is -4.93. The Morgan fingerprint density at radius 1 is 0.952 bits per heavy atom. The van der Waals surface area contributed by atoms with Crippen molar-refractivity contribution in [3.8, 4) is 11.5 Å². The molecule has 0 fully saturated rings. The van der Waals surface area contributed by atoms with Crippen molar-refractivity contribution in [2.24, 2.45) is 0 Å². The molecule has 0 bridgehead atoms. The molecule has 0 aliphatic heterocycles. The van der Waals surface area contributed by atoms with E-state index in [0.29, 0.717) is 0 Å². The smallest absolute Gasteiger partial charge is 0.744 e. The zero-order valence-corrected chi connectivity index (χ0v) is 13.8. The summed E-state index contributed by atoms with van der Waals surface area (Å²) >= 11 is 0. The van der Waals surface area contributed by atoms with E-state index in [-0.39, 0.29) is 40.7 Å². The Balaban J connectivity index is 0.00000220. The molecule has 8 heteroatoms. The molecule has 0 aliphatic carbocycles. The number of ketones is 1. The number of benzene rings is 2. The van der Waals surface area contributed by atoms with Crippen LogP contribution in [0.3, 0.4) is 0 Å². The van der Waals surface area contributed by atoms with Crippen molar-refractivity contribution in [1.29, 1.82) is 0 Å². The standard InChI is InChI=1S/C13H10O6S.Na/c14-11(8-4-2-1-3-5-8)9-6-7-10(20(17,18)19)13(16)12(9)15;/h1-7,15-16H,(H,17,18,19);/q;+1/p-1. The molecule has 0 saturated carbocycles. The first kappa shape index (κ1) is 17.7. The van der Waals surface area contributed by atoms with Gasteiger partial charge in [-0.1, -0.05) is 30.3 Å². The average molecular weight is 316 g/mol. The predicted octanol–water partition coefficient (Wildman–Crippen LogP) is -1.76. The molecule has 21 heavy (non-hydrogen) atoms. The van der Waals surface area contributed by atoms with E-state index in [9.17, 15) is 28.0 Å². The van der Waals surface area contributed by atoms with Gasteiger partial charge in [0.25, 0.3) is 0 Å². The van der Waals surface area contributed by atoms with E-state index in [1.165, 1.54) is 12.1 Å². The van der Waals surface area contributed by atoms with Crippen molar-refractivity contribution in [3.63, 3.8) is 0 Å². The predicted molar refractivity (Wildman–Crippen MR) is 67.6 cm³/mol. The summed E-state index contributed by atoms with van der Waals surface area (Å²) in [4.78, 5) is 11.1. The number of carbonyl (C=O) groups excluding carboxylic acids is 1. The molecule has 0 atom stereocenters. The van der Waals surface area contributed by atoms with Crippen molar-refractivity contribution in [2.75, 3.05) is 0 Å². The maximum Gasteiger partial charge on any atom is 1.00 e. The molecule has 0 aromatic heterocycles. The second-order valence-electron chi connectivity index (χ2n) is 3.96. The summed E-state index contributed by atoms with van der Waals surface area (Å²) in [6, 6.07) is 9.68. The van der Waals surface area contributed by atoms with Crippen LogP contribution in [-0.2, 0) is 10.1 Å². The first-order chi connectivity index (χ1) is 9.32. The quantitative estimate of drug-likeness (QED) is 0.300. The van der Waals surface area contributed by atoms with Gasteiger partial charge in [-0.25, -0.2) is 8.42 Å². The molecule has 2 N–H and O–H groups in total. The Morgan fingerprint density at radius 2 is 1.52 bits per heavy atom. The van der Waals surface area contributed by atoms with Crippen LogP contribution in [-0.4, -0.2) is 29.0 Å². The van der Waals surface area contributed by atoms with Crippen LogP contribution in [0.15, 0.2) is 47.4 Å². The average Bonchev–Trinajstić information content (AvgIpc) is 2.40. The Bertz CT molecular complexity index is 771. The summed E-state index contributed by atoms with van der Waals surface area (Å²) < 4.78 is 32.5. The van der Waals surface area contributed by atoms with Gasteiger partial charge in [-0.15, -0.1) is 0 Å². The summed E-state index contributed by atoms with van der Waals surface area (Å²) in [6.45, 7) is 0. The third kappa shape index (κ3) is 3.63. The Labute approximate surface area is 143 Å². The number of carbonyl (C=O) groups is 1. The summed E-state index contributed by atoms with van der Waals surface area (Å²) in [5.41, 5.74) is -0.0407. The van der Waals surface area contributed by atoms with Crippen LogP contribution in [0.5, 0.6) is 11.5 Å². The van der Waals surface area contributed by atoms with Gasteiger partial charge in [-0.05, 0) is 12.1 Å². The monoisotopic (exact) mass is 316 g/mol. The van der Waals surface area contributed by atoms with E-state index in [2.05, 4.69) is 0 Å². The minimum absolute atomic E-state index is 0. The molecule has 2 aromatic rings. The number of phenols is 2. The van der Waals surface area contributed by atoms with Crippen molar-refractivity contribution in [3.05, 3.63) is 53.6 Å². The third-order valence-electron chi connectivity index (χ3n) is 2.66. The number of phenolic OH excluding ortho intramolecular Hbond substituents is 2. The topological polar surface area (TPSA) is 115 Å². The molecule has 0 saturated heterocycles. The van der Waals surface area contributed by atoms with Crippen LogP contribution in [0, 0.1) is 0 Å². The van der Waals surface area contributed by atoms with E-state index < -0.39 is 32.3 Å². The first-order valence-corrected chi connectivity index (χ1v) is 6.84. The minimum Gasteiger partial charge on any atom is -0.744 e. The summed E-state index contributed by atoms with van der Waals surface area (Å²) in [5, 5.41) is 19.2.